The number of aryl methyl sites for hydroxylation is 3. The Bertz CT molecular complexity index is 969. The van der Waals surface area contributed by atoms with Crippen LogP contribution in [0.5, 0.6) is 0 Å². The van der Waals surface area contributed by atoms with Gasteiger partial charge in [-0.3, -0.25) is 4.72 Å². The van der Waals surface area contributed by atoms with Gasteiger partial charge in [0.15, 0.2) is 0 Å². The number of thiophene rings is 1. The van der Waals surface area contributed by atoms with E-state index in [2.05, 4.69) is 23.1 Å². The molecule has 1 N–H and O–H groups in total. The first-order valence-electron chi connectivity index (χ1n) is 7.74. The van der Waals surface area contributed by atoms with E-state index < -0.39 is 10.0 Å². The number of nitrogens with one attached hydrogen (secondary N) is 1. The molecule has 0 spiro atoms. The lowest BCUT2D eigenvalue weighted by Crippen LogP contribution is -2.13. The van der Waals surface area contributed by atoms with Crippen molar-refractivity contribution in [1.29, 1.82) is 0 Å². The standard InChI is InChI=1S/C18H20N2O2S2/c1-4-20-8-7-17(11-20)24(21,22)19-18-10-15(6-5-13(18)2)16-9-14(3)23-12-16/h5-12,19H,4H2,1-3H3. The van der Waals surface area contributed by atoms with E-state index in [9.17, 15) is 8.42 Å². The van der Waals surface area contributed by atoms with Gasteiger partial charge in [0.05, 0.1) is 5.69 Å². The zero-order valence-electron chi connectivity index (χ0n) is 13.9. The molecule has 4 nitrogen and oxygen atoms in total. The van der Waals surface area contributed by atoms with E-state index >= 15 is 0 Å². The quantitative estimate of drug-likeness (QED) is 0.720. The minimum Gasteiger partial charge on any atom is -0.353 e. The molecule has 0 fully saturated rings. The molecule has 0 aliphatic rings. The summed E-state index contributed by atoms with van der Waals surface area (Å²) >= 11 is 1.68. The topological polar surface area (TPSA) is 51.1 Å². The third kappa shape index (κ3) is 3.39. The minimum absolute atomic E-state index is 0.278. The molecule has 1 aromatic carbocycles. The Morgan fingerprint density at radius 3 is 2.54 bits per heavy atom. The Balaban J connectivity index is 1.94. The van der Waals surface area contributed by atoms with Gasteiger partial charge in [0.2, 0.25) is 0 Å². The fraction of sp³-hybridized carbons (Fsp3) is 0.222. The molecule has 3 rings (SSSR count). The molecule has 0 amide bonds. The fourth-order valence-corrected chi connectivity index (χ4v) is 4.34. The number of benzene rings is 1. The molecule has 2 aromatic heterocycles. The Morgan fingerprint density at radius 1 is 1.12 bits per heavy atom. The molecule has 3 aromatic rings. The summed E-state index contributed by atoms with van der Waals surface area (Å²) < 4.78 is 29.8. The number of nitrogens with zero attached hydrogens (tertiary/aromatic N) is 1. The highest BCUT2D eigenvalue weighted by Crippen LogP contribution is 2.30. The lowest BCUT2D eigenvalue weighted by atomic mass is 10.1. The van der Waals surface area contributed by atoms with E-state index in [1.807, 2.05) is 36.6 Å². The molecule has 0 unspecified atom stereocenters. The van der Waals surface area contributed by atoms with Crippen LogP contribution in [0, 0.1) is 13.8 Å². The molecule has 0 bridgehead atoms. The zero-order valence-corrected chi connectivity index (χ0v) is 15.5. The van der Waals surface area contributed by atoms with Gasteiger partial charge in [0.25, 0.3) is 10.0 Å². The third-order valence-electron chi connectivity index (χ3n) is 3.94. The summed E-state index contributed by atoms with van der Waals surface area (Å²) in [6, 6.07) is 9.58. The van der Waals surface area contributed by atoms with Crippen molar-refractivity contribution in [3.8, 4) is 11.1 Å². The van der Waals surface area contributed by atoms with Gasteiger partial charge < -0.3 is 4.57 Å². The van der Waals surface area contributed by atoms with Crippen LogP contribution < -0.4 is 4.72 Å². The van der Waals surface area contributed by atoms with Gasteiger partial charge in [-0.05, 0) is 61.0 Å². The second-order valence-corrected chi connectivity index (χ2v) is 8.56. The molecule has 0 aliphatic heterocycles. The van der Waals surface area contributed by atoms with Crippen molar-refractivity contribution >= 4 is 27.0 Å². The second-order valence-electron chi connectivity index (χ2n) is 5.76. The van der Waals surface area contributed by atoms with E-state index in [1.54, 1.807) is 29.8 Å². The van der Waals surface area contributed by atoms with E-state index in [0.29, 0.717) is 5.69 Å². The van der Waals surface area contributed by atoms with Gasteiger partial charge in [-0.1, -0.05) is 12.1 Å². The van der Waals surface area contributed by atoms with Crippen LogP contribution in [-0.2, 0) is 16.6 Å². The highest BCUT2D eigenvalue weighted by Gasteiger charge is 2.17. The molecular weight excluding hydrogens is 340 g/mol. The fourth-order valence-electron chi connectivity index (χ4n) is 2.48. The predicted molar refractivity (Wildman–Crippen MR) is 100 cm³/mol. The van der Waals surface area contributed by atoms with E-state index in [4.69, 9.17) is 0 Å². The van der Waals surface area contributed by atoms with Crippen molar-refractivity contribution in [3.05, 3.63) is 58.5 Å². The summed E-state index contributed by atoms with van der Waals surface area (Å²) in [7, 11) is -3.59. The van der Waals surface area contributed by atoms with Gasteiger partial charge in [0, 0.05) is 23.8 Å². The lowest BCUT2D eigenvalue weighted by Gasteiger charge is -2.11. The van der Waals surface area contributed by atoms with E-state index in [1.165, 1.54) is 4.88 Å². The van der Waals surface area contributed by atoms with Crippen molar-refractivity contribution in [3.63, 3.8) is 0 Å². The first kappa shape index (κ1) is 16.8. The molecule has 6 heteroatoms. The SMILES string of the molecule is CCn1ccc(S(=O)(=O)Nc2cc(-c3csc(C)c3)ccc2C)c1. The molecule has 0 atom stereocenters. The van der Waals surface area contributed by atoms with Crippen LogP contribution in [0.15, 0.2) is 53.0 Å². The maximum absolute atomic E-state index is 12.6. The zero-order chi connectivity index (χ0) is 17.3. The van der Waals surface area contributed by atoms with Crippen LogP contribution in [-0.4, -0.2) is 13.0 Å². The van der Waals surface area contributed by atoms with Gasteiger partial charge >= 0.3 is 0 Å². The monoisotopic (exact) mass is 360 g/mol. The van der Waals surface area contributed by atoms with Gasteiger partial charge in [-0.25, -0.2) is 8.42 Å². The molecular formula is C18H20N2O2S2. The third-order valence-corrected chi connectivity index (χ3v) is 6.16. The molecule has 2 heterocycles. The highest BCUT2D eigenvalue weighted by atomic mass is 32.2. The Kier molecular flexibility index (Phi) is 4.51. The molecule has 0 saturated heterocycles. The van der Waals surface area contributed by atoms with Crippen LogP contribution in [0.3, 0.4) is 0 Å². The molecule has 0 saturated carbocycles. The average molecular weight is 361 g/mol. The number of aromatic nitrogens is 1. The lowest BCUT2D eigenvalue weighted by molar-refractivity contribution is 0.600. The second kappa shape index (κ2) is 6.45. The number of hydrogen-bond donors (Lipinski definition) is 1. The van der Waals surface area contributed by atoms with Crippen molar-refractivity contribution < 1.29 is 8.42 Å². The van der Waals surface area contributed by atoms with Gasteiger partial charge in [0.1, 0.15) is 4.90 Å². The Hall–Kier alpha value is -2.05. The normalized spacial score (nSPS) is 11.6. The van der Waals surface area contributed by atoms with Crippen LogP contribution in [0.4, 0.5) is 5.69 Å². The molecule has 126 valence electrons. The minimum atomic E-state index is -3.59. The molecule has 24 heavy (non-hydrogen) atoms. The molecule has 0 aliphatic carbocycles. The average Bonchev–Trinajstić information content (AvgIpc) is 3.18. The number of sulfonamides is 1. The van der Waals surface area contributed by atoms with Crippen molar-refractivity contribution in [2.24, 2.45) is 0 Å². The van der Waals surface area contributed by atoms with E-state index in [-0.39, 0.29) is 4.90 Å². The van der Waals surface area contributed by atoms with Crippen LogP contribution in [0.25, 0.3) is 11.1 Å². The maximum Gasteiger partial charge on any atom is 0.263 e. The number of hydrogen-bond acceptors (Lipinski definition) is 3. The predicted octanol–water partition coefficient (Wildman–Crippen LogP) is 4.65. The Labute approximate surface area is 146 Å². The smallest absolute Gasteiger partial charge is 0.263 e. The summed E-state index contributed by atoms with van der Waals surface area (Å²) in [6.45, 7) is 6.67. The number of anilines is 1. The van der Waals surface area contributed by atoms with Crippen LogP contribution in [0.2, 0.25) is 0 Å². The van der Waals surface area contributed by atoms with Crippen LogP contribution in [0.1, 0.15) is 17.4 Å². The maximum atomic E-state index is 12.6. The van der Waals surface area contributed by atoms with Crippen LogP contribution >= 0.6 is 11.3 Å². The summed E-state index contributed by atoms with van der Waals surface area (Å²) in [5.74, 6) is 0. The van der Waals surface area contributed by atoms with Crippen molar-refractivity contribution in [1.82, 2.24) is 4.57 Å². The van der Waals surface area contributed by atoms with Gasteiger partial charge in [-0.15, -0.1) is 11.3 Å². The summed E-state index contributed by atoms with van der Waals surface area (Å²) in [6.07, 6.45) is 3.41. The largest absolute Gasteiger partial charge is 0.353 e. The summed E-state index contributed by atoms with van der Waals surface area (Å²) in [5, 5.41) is 2.08. The molecule has 0 radical (unpaired) electrons. The first-order chi connectivity index (χ1) is 11.4. The summed E-state index contributed by atoms with van der Waals surface area (Å²) in [4.78, 5) is 1.51. The highest BCUT2D eigenvalue weighted by molar-refractivity contribution is 7.92. The van der Waals surface area contributed by atoms with E-state index in [0.717, 1.165) is 23.2 Å². The summed E-state index contributed by atoms with van der Waals surface area (Å²) in [5.41, 5.74) is 3.62. The Morgan fingerprint density at radius 2 is 1.92 bits per heavy atom. The number of rotatable bonds is 5. The van der Waals surface area contributed by atoms with Crippen molar-refractivity contribution in [2.45, 2.75) is 32.2 Å². The first-order valence-corrected chi connectivity index (χ1v) is 10.1. The van der Waals surface area contributed by atoms with Crippen molar-refractivity contribution in [2.75, 3.05) is 4.72 Å². The van der Waals surface area contributed by atoms with Gasteiger partial charge in [-0.2, -0.15) is 0 Å².